The molecule has 2 rings (SSSR count). The Morgan fingerprint density at radius 1 is 1.37 bits per heavy atom. The van der Waals surface area contributed by atoms with Crippen LogP contribution in [0.25, 0.3) is 0 Å². The number of rotatable bonds is 6. The Labute approximate surface area is 122 Å². The van der Waals surface area contributed by atoms with Gasteiger partial charge in [0.2, 0.25) is 0 Å². The van der Waals surface area contributed by atoms with Crippen molar-refractivity contribution in [1.29, 1.82) is 0 Å². The molecule has 0 bridgehead atoms. The Morgan fingerprint density at radius 3 is 2.89 bits per heavy atom. The number of likely N-dealkylation sites (N-methyl/N-ethyl adjacent to an activating group) is 1. The number of aryl methyl sites for hydroxylation is 1. The summed E-state index contributed by atoms with van der Waals surface area (Å²) >= 11 is 7.51. The van der Waals surface area contributed by atoms with Crippen LogP contribution >= 0.6 is 22.9 Å². The van der Waals surface area contributed by atoms with Crippen molar-refractivity contribution in [2.24, 2.45) is 0 Å². The van der Waals surface area contributed by atoms with Crippen LogP contribution in [0.4, 0.5) is 4.39 Å². The van der Waals surface area contributed by atoms with Gasteiger partial charge in [0, 0.05) is 6.04 Å². The molecule has 19 heavy (non-hydrogen) atoms. The van der Waals surface area contributed by atoms with E-state index in [1.54, 1.807) is 29.5 Å². The second kappa shape index (κ2) is 7.04. The van der Waals surface area contributed by atoms with E-state index in [0.717, 1.165) is 12.8 Å². The van der Waals surface area contributed by atoms with Crippen LogP contribution in [0.15, 0.2) is 35.0 Å². The van der Waals surface area contributed by atoms with Gasteiger partial charge in [-0.3, -0.25) is 0 Å². The largest absolute Gasteiger partial charge is 0.317 e. The topological polar surface area (TPSA) is 12.0 Å². The van der Waals surface area contributed by atoms with E-state index >= 15 is 0 Å². The molecular weight excluding hydrogens is 281 g/mol. The maximum atomic E-state index is 13.9. The minimum atomic E-state index is -0.292. The van der Waals surface area contributed by atoms with E-state index in [2.05, 4.69) is 22.1 Å². The molecule has 1 nitrogen and oxygen atoms in total. The van der Waals surface area contributed by atoms with Crippen LogP contribution in [0.1, 0.15) is 17.5 Å². The van der Waals surface area contributed by atoms with Crippen molar-refractivity contribution in [3.63, 3.8) is 0 Å². The monoisotopic (exact) mass is 297 g/mol. The molecule has 0 aliphatic heterocycles. The van der Waals surface area contributed by atoms with Gasteiger partial charge in [0.25, 0.3) is 0 Å². The third kappa shape index (κ3) is 4.03. The third-order valence-electron chi connectivity index (χ3n) is 3.27. The van der Waals surface area contributed by atoms with Gasteiger partial charge in [-0.2, -0.15) is 11.3 Å². The smallest absolute Gasteiger partial charge is 0.145 e. The fourth-order valence-electron chi connectivity index (χ4n) is 2.10. The van der Waals surface area contributed by atoms with Crippen molar-refractivity contribution < 1.29 is 4.39 Å². The predicted octanol–water partition coefficient (Wildman–Crippen LogP) is 4.30. The normalized spacial score (nSPS) is 12.6. The first kappa shape index (κ1) is 14.5. The van der Waals surface area contributed by atoms with Crippen molar-refractivity contribution in [2.75, 3.05) is 7.05 Å². The zero-order valence-corrected chi connectivity index (χ0v) is 12.4. The van der Waals surface area contributed by atoms with Gasteiger partial charge in [-0.05, 0) is 60.3 Å². The van der Waals surface area contributed by atoms with Crippen LogP contribution in [0.2, 0.25) is 5.02 Å². The lowest BCUT2D eigenvalue weighted by Crippen LogP contribution is -2.28. The summed E-state index contributed by atoms with van der Waals surface area (Å²) in [4.78, 5) is 0. The molecule has 102 valence electrons. The molecule has 0 saturated heterocycles. The molecule has 0 aliphatic rings. The van der Waals surface area contributed by atoms with Crippen LogP contribution in [-0.4, -0.2) is 13.1 Å². The zero-order chi connectivity index (χ0) is 13.7. The van der Waals surface area contributed by atoms with Gasteiger partial charge in [-0.1, -0.05) is 23.7 Å². The molecule has 0 radical (unpaired) electrons. The molecule has 0 saturated carbocycles. The Hall–Kier alpha value is -0.900. The minimum absolute atomic E-state index is 0.199. The second-order valence-electron chi connectivity index (χ2n) is 4.57. The average Bonchev–Trinajstić information content (AvgIpc) is 2.92. The Balaban J connectivity index is 1.96. The molecule has 1 aromatic heterocycles. The first-order valence-corrected chi connectivity index (χ1v) is 7.64. The van der Waals surface area contributed by atoms with E-state index in [1.807, 2.05) is 7.05 Å². The zero-order valence-electron chi connectivity index (χ0n) is 10.8. The van der Waals surface area contributed by atoms with E-state index in [9.17, 15) is 4.39 Å². The summed E-state index contributed by atoms with van der Waals surface area (Å²) in [5.74, 6) is -0.292. The van der Waals surface area contributed by atoms with Crippen molar-refractivity contribution in [2.45, 2.75) is 25.3 Å². The Bertz CT molecular complexity index is 513. The Morgan fingerprint density at radius 2 is 2.21 bits per heavy atom. The number of halogens is 2. The van der Waals surface area contributed by atoms with Crippen LogP contribution in [0.5, 0.6) is 0 Å². The quantitative estimate of drug-likeness (QED) is 0.838. The van der Waals surface area contributed by atoms with Crippen molar-refractivity contribution >= 4 is 22.9 Å². The lowest BCUT2D eigenvalue weighted by molar-refractivity contribution is 0.505. The molecule has 0 spiro atoms. The average molecular weight is 298 g/mol. The van der Waals surface area contributed by atoms with Gasteiger partial charge < -0.3 is 5.32 Å². The first-order valence-electron chi connectivity index (χ1n) is 6.32. The highest BCUT2D eigenvalue weighted by Gasteiger charge is 2.12. The summed E-state index contributed by atoms with van der Waals surface area (Å²) in [6.07, 6.45) is 2.66. The third-order valence-corrected chi connectivity index (χ3v) is 4.29. The summed E-state index contributed by atoms with van der Waals surface area (Å²) in [6.45, 7) is 0. The molecule has 1 unspecified atom stereocenters. The molecule has 1 heterocycles. The van der Waals surface area contributed by atoms with Gasteiger partial charge in [-0.15, -0.1) is 0 Å². The number of nitrogens with one attached hydrogen (secondary N) is 1. The fraction of sp³-hybridized carbons (Fsp3) is 0.333. The number of hydrogen-bond donors (Lipinski definition) is 1. The highest BCUT2D eigenvalue weighted by atomic mass is 35.5. The van der Waals surface area contributed by atoms with E-state index < -0.39 is 0 Å². The van der Waals surface area contributed by atoms with Crippen molar-refractivity contribution in [3.8, 4) is 0 Å². The molecular formula is C15H17ClFNS. The Kier molecular flexibility index (Phi) is 5.37. The van der Waals surface area contributed by atoms with Crippen LogP contribution < -0.4 is 5.32 Å². The van der Waals surface area contributed by atoms with E-state index in [0.29, 0.717) is 12.0 Å². The summed E-state index contributed by atoms with van der Waals surface area (Å²) < 4.78 is 13.9. The molecule has 4 heteroatoms. The highest BCUT2D eigenvalue weighted by Crippen LogP contribution is 2.20. The molecule has 1 aromatic carbocycles. The molecule has 0 fully saturated rings. The SMILES string of the molecule is CNC(CCc1ccsc1)Cc1cccc(Cl)c1F. The predicted molar refractivity (Wildman–Crippen MR) is 80.6 cm³/mol. The number of benzene rings is 1. The maximum absolute atomic E-state index is 13.9. The molecule has 1 N–H and O–H groups in total. The number of thiophene rings is 1. The van der Waals surface area contributed by atoms with E-state index in [4.69, 9.17) is 11.6 Å². The number of hydrogen-bond acceptors (Lipinski definition) is 2. The van der Waals surface area contributed by atoms with E-state index in [-0.39, 0.29) is 16.9 Å². The van der Waals surface area contributed by atoms with Gasteiger partial charge in [-0.25, -0.2) is 4.39 Å². The van der Waals surface area contributed by atoms with Crippen molar-refractivity contribution in [3.05, 3.63) is 57.0 Å². The van der Waals surface area contributed by atoms with Gasteiger partial charge in [0.1, 0.15) is 5.82 Å². The lowest BCUT2D eigenvalue weighted by Gasteiger charge is -2.16. The minimum Gasteiger partial charge on any atom is -0.317 e. The van der Waals surface area contributed by atoms with Crippen LogP contribution in [0.3, 0.4) is 0 Å². The maximum Gasteiger partial charge on any atom is 0.145 e. The van der Waals surface area contributed by atoms with Crippen LogP contribution in [-0.2, 0) is 12.8 Å². The highest BCUT2D eigenvalue weighted by molar-refractivity contribution is 7.07. The summed E-state index contributed by atoms with van der Waals surface area (Å²) in [6, 6.07) is 7.58. The second-order valence-corrected chi connectivity index (χ2v) is 5.76. The standard InChI is InChI=1S/C15H17ClFNS/c1-18-13(6-5-11-7-8-19-10-11)9-12-3-2-4-14(16)15(12)17/h2-4,7-8,10,13,18H,5-6,9H2,1H3. The van der Waals surface area contributed by atoms with Crippen molar-refractivity contribution in [1.82, 2.24) is 5.32 Å². The fourth-order valence-corrected chi connectivity index (χ4v) is 2.99. The molecule has 0 aliphatic carbocycles. The van der Waals surface area contributed by atoms with Crippen LogP contribution in [0, 0.1) is 5.82 Å². The summed E-state index contributed by atoms with van der Waals surface area (Å²) in [5.41, 5.74) is 2.02. The molecule has 2 aromatic rings. The lowest BCUT2D eigenvalue weighted by atomic mass is 10.00. The first-order chi connectivity index (χ1) is 9.20. The molecule has 1 atom stereocenters. The van der Waals surface area contributed by atoms with Gasteiger partial charge >= 0.3 is 0 Å². The van der Waals surface area contributed by atoms with Gasteiger partial charge in [0.15, 0.2) is 0 Å². The summed E-state index contributed by atoms with van der Waals surface area (Å²) in [7, 11) is 1.92. The molecule has 0 amide bonds. The van der Waals surface area contributed by atoms with Gasteiger partial charge in [0.05, 0.1) is 5.02 Å². The van der Waals surface area contributed by atoms with E-state index in [1.165, 1.54) is 5.56 Å². The summed E-state index contributed by atoms with van der Waals surface area (Å²) in [5, 5.41) is 7.70.